The van der Waals surface area contributed by atoms with Crippen LogP contribution in [-0.4, -0.2) is 27.2 Å². The van der Waals surface area contributed by atoms with Crippen molar-refractivity contribution >= 4 is 17.3 Å². The van der Waals surface area contributed by atoms with Gasteiger partial charge in [-0.1, -0.05) is 18.2 Å². The lowest BCUT2D eigenvalue weighted by molar-refractivity contribution is -0.192. The lowest BCUT2D eigenvalue weighted by Gasteiger charge is -2.10. The van der Waals surface area contributed by atoms with Crippen LogP contribution in [0.25, 0.3) is 11.3 Å². The minimum Gasteiger partial charge on any atom is -0.475 e. The molecule has 0 saturated carbocycles. The van der Waals surface area contributed by atoms with Gasteiger partial charge in [-0.05, 0) is 24.3 Å². The molecule has 32 heavy (non-hydrogen) atoms. The molecule has 7 nitrogen and oxygen atoms in total. The maximum atomic E-state index is 12.6. The number of carboxylic acids is 1. The van der Waals surface area contributed by atoms with Crippen LogP contribution in [-0.2, 0) is 11.0 Å². The molecule has 5 N–H and O–H groups in total. The summed E-state index contributed by atoms with van der Waals surface area (Å²) in [6.45, 7) is 0. The maximum Gasteiger partial charge on any atom is 0.490 e. The van der Waals surface area contributed by atoms with E-state index >= 15 is 0 Å². The molecule has 0 atom stereocenters. The van der Waals surface area contributed by atoms with Gasteiger partial charge in [0.25, 0.3) is 0 Å². The molecule has 0 bridgehead atoms. The normalized spacial score (nSPS) is 11.3. The lowest BCUT2D eigenvalue weighted by Crippen LogP contribution is -2.21. The number of alkyl halides is 6. The smallest absolute Gasteiger partial charge is 0.475 e. The summed E-state index contributed by atoms with van der Waals surface area (Å²) in [5, 5.41) is 7.12. The summed E-state index contributed by atoms with van der Waals surface area (Å²) in [7, 11) is 0. The molecule has 0 aliphatic heterocycles. The predicted molar refractivity (Wildman–Crippen MR) is 102 cm³/mol. The second-order valence-corrected chi connectivity index (χ2v) is 5.98. The third kappa shape index (κ3) is 6.48. The van der Waals surface area contributed by atoms with E-state index < -0.39 is 23.9 Å². The van der Waals surface area contributed by atoms with Gasteiger partial charge in [-0.3, -0.25) is 0 Å². The van der Waals surface area contributed by atoms with Gasteiger partial charge in [0.2, 0.25) is 5.88 Å². The summed E-state index contributed by atoms with van der Waals surface area (Å²) in [5.74, 6) is -2.23. The zero-order valence-electron chi connectivity index (χ0n) is 15.8. The molecular weight excluding hydrogens is 446 g/mol. The number of aliphatic carboxylic acids is 1. The zero-order chi connectivity index (χ0) is 24.1. The van der Waals surface area contributed by atoms with Crippen molar-refractivity contribution in [3.63, 3.8) is 0 Å². The molecule has 170 valence electrons. The topological polar surface area (TPSA) is 124 Å². The molecule has 0 fully saturated rings. The van der Waals surface area contributed by atoms with E-state index in [4.69, 9.17) is 26.1 Å². The Morgan fingerprint density at radius 2 is 1.53 bits per heavy atom. The lowest BCUT2D eigenvalue weighted by atomic mass is 10.1. The molecule has 13 heteroatoms. The summed E-state index contributed by atoms with van der Waals surface area (Å²) in [6.07, 6.45) is -8.21. The van der Waals surface area contributed by atoms with E-state index in [1.807, 2.05) is 0 Å². The van der Waals surface area contributed by atoms with Crippen LogP contribution < -0.4 is 16.2 Å². The Kier molecular flexibility index (Phi) is 7.13. The average molecular weight is 460 g/mol. The minimum atomic E-state index is -5.08. The van der Waals surface area contributed by atoms with E-state index in [0.717, 1.165) is 12.1 Å². The van der Waals surface area contributed by atoms with Gasteiger partial charge in [-0.15, -0.1) is 0 Å². The summed E-state index contributed by atoms with van der Waals surface area (Å²) >= 11 is 0. The number of anilines is 2. The molecule has 0 amide bonds. The molecule has 0 unspecified atom stereocenters. The second-order valence-electron chi connectivity index (χ2n) is 5.98. The van der Waals surface area contributed by atoms with E-state index in [1.54, 1.807) is 18.2 Å². The Morgan fingerprint density at radius 3 is 2.06 bits per heavy atom. The van der Waals surface area contributed by atoms with Crippen molar-refractivity contribution in [1.29, 1.82) is 0 Å². The van der Waals surface area contributed by atoms with Crippen LogP contribution in [0.15, 0.2) is 54.9 Å². The van der Waals surface area contributed by atoms with Gasteiger partial charge in [0, 0.05) is 11.6 Å². The molecular formula is C19H14F6N4O3. The molecule has 0 radical (unpaired) electrons. The third-order valence-electron chi connectivity index (χ3n) is 3.71. The van der Waals surface area contributed by atoms with E-state index in [1.165, 1.54) is 24.5 Å². The van der Waals surface area contributed by atoms with Crippen molar-refractivity contribution in [1.82, 2.24) is 9.97 Å². The molecule has 0 spiro atoms. The highest BCUT2D eigenvalue weighted by Crippen LogP contribution is 2.33. The molecule has 0 aliphatic rings. The molecule has 3 rings (SSSR count). The van der Waals surface area contributed by atoms with Gasteiger partial charge in [0.15, 0.2) is 5.75 Å². The number of carboxylic acid groups (broad SMARTS) is 1. The first-order valence-corrected chi connectivity index (χ1v) is 8.40. The third-order valence-corrected chi connectivity index (χ3v) is 3.71. The monoisotopic (exact) mass is 460 g/mol. The minimum absolute atomic E-state index is 0.196. The first-order valence-electron chi connectivity index (χ1n) is 8.40. The number of rotatable bonds is 3. The highest BCUT2D eigenvalue weighted by atomic mass is 19.4. The molecule has 1 heterocycles. The summed E-state index contributed by atoms with van der Waals surface area (Å²) < 4.78 is 75.2. The van der Waals surface area contributed by atoms with Crippen molar-refractivity contribution in [3.05, 3.63) is 60.4 Å². The number of halogens is 6. The fourth-order valence-corrected chi connectivity index (χ4v) is 2.15. The van der Waals surface area contributed by atoms with E-state index in [-0.39, 0.29) is 11.6 Å². The van der Waals surface area contributed by atoms with Crippen LogP contribution in [0.4, 0.5) is 37.7 Å². The zero-order valence-corrected chi connectivity index (χ0v) is 15.8. The molecule has 1 aromatic heterocycles. The number of nitrogen functional groups attached to an aromatic ring is 2. The van der Waals surface area contributed by atoms with Crippen LogP contribution in [0, 0.1) is 0 Å². The summed E-state index contributed by atoms with van der Waals surface area (Å²) in [6, 6.07) is 11.1. The van der Waals surface area contributed by atoms with Crippen molar-refractivity contribution in [3.8, 4) is 22.9 Å². The van der Waals surface area contributed by atoms with Crippen LogP contribution in [0.5, 0.6) is 11.6 Å². The number of carbonyl (C=O) groups is 1. The Labute approximate surface area is 176 Å². The first-order chi connectivity index (χ1) is 14.8. The highest BCUT2D eigenvalue weighted by molar-refractivity contribution is 5.73. The predicted octanol–water partition coefficient (Wildman–Crippen LogP) is 4.75. The number of benzene rings is 2. The average Bonchev–Trinajstić information content (AvgIpc) is 2.71. The number of hydrogen-bond acceptors (Lipinski definition) is 6. The van der Waals surface area contributed by atoms with Gasteiger partial charge in [0.1, 0.15) is 6.33 Å². The van der Waals surface area contributed by atoms with Gasteiger partial charge in [0.05, 0.1) is 22.6 Å². The van der Waals surface area contributed by atoms with Crippen LogP contribution >= 0.6 is 0 Å². The quantitative estimate of drug-likeness (QED) is 0.381. The standard InChI is InChI=1S/C17H13F3N4O.C2HF3O2/c18-17(19,20)11-6-4-10(5-7-11)13-8-15(24-9-23-13)25-14-3-1-2-12(21)16(14)22;3-2(4,5)1(6)7/h1-9H,21-22H2;(H,6,7). The maximum absolute atomic E-state index is 12.6. The van der Waals surface area contributed by atoms with Crippen molar-refractivity contribution in [2.45, 2.75) is 12.4 Å². The van der Waals surface area contributed by atoms with Crippen molar-refractivity contribution < 1.29 is 41.0 Å². The highest BCUT2D eigenvalue weighted by Gasteiger charge is 2.38. The Balaban J connectivity index is 0.000000451. The number of hydrogen-bond donors (Lipinski definition) is 3. The molecule has 3 aromatic rings. The van der Waals surface area contributed by atoms with Crippen LogP contribution in [0.2, 0.25) is 0 Å². The second kappa shape index (κ2) is 9.41. The largest absolute Gasteiger partial charge is 0.490 e. The Bertz CT molecular complexity index is 1090. The van der Waals surface area contributed by atoms with E-state index in [9.17, 15) is 26.3 Å². The molecule has 2 aromatic carbocycles. The van der Waals surface area contributed by atoms with Crippen molar-refractivity contribution in [2.24, 2.45) is 0 Å². The Morgan fingerprint density at radius 1 is 0.938 bits per heavy atom. The molecule has 0 aliphatic carbocycles. The van der Waals surface area contributed by atoms with Crippen molar-refractivity contribution in [2.75, 3.05) is 11.5 Å². The summed E-state index contributed by atoms with van der Waals surface area (Å²) in [5.41, 5.74) is 12.4. The number of nitrogens with two attached hydrogens (primary N) is 2. The summed E-state index contributed by atoms with van der Waals surface area (Å²) in [4.78, 5) is 16.9. The number of ether oxygens (including phenoxy) is 1. The number of aromatic nitrogens is 2. The van der Waals surface area contributed by atoms with E-state index in [2.05, 4.69) is 9.97 Å². The van der Waals surface area contributed by atoms with Crippen LogP contribution in [0.3, 0.4) is 0 Å². The number of nitrogens with zero attached hydrogens (tertiary/aromatic N) is 2. The SMILES string of the molecule is Nc1cccc(Oc2cc(-c3ccc(C(F)(F)F)cc3)ncn2)c1N.O=C(O)C(F)(F)F. The molecule has 0 saturated heterocycles. The van der Waals surface area contributed by atoms with Gasteiger partial charge in [-0.2, -0.15) is 26.3 Å². The van der Waals surface area contributed by atoms with E-state index in [0.29, 0.717) is 22.7 Å². The van der Waals surface area contributed by atoms with Gasteiger partial charge < -0.3 is 21.3 Å². The number of para-hydroxylation sites is 1. The fraction of sp³-hybridized carbons (Fsp3) is 0.105. The fourth-order valence-electron chi connectivity index (χ4n) is 2.15. The van der Waals surface area contributed by atoms with Gasteiger partial charge in [-0.25, -0.2) is 14.8 Å². The Hall–Kier alpha value is -4.03. The van der Waals surface area contributed by atoms with Gasteiger partial charge >= 0.3 is 18.3 Å². The van der Waals surface area contributed by atoms with Crippen LogP contribution in [0.1, 0.15) is 5.56 Å². The first kappa shape index (κ1) is 24.2.